The lowest BCUT2D eigenvalue weighted by atomic mass is 10.1. The lowest BCUT2D eigenvalue weighted by Gasteiger charge is -2.16. The van der Waals surface area contributed by atoms with Gasteiger partial charge in [0.25, 0.3) is 5.91 Å². The number of carbonyl (C=O) groups excluding carboxylic acids is 1. The molecule has 0 aliphatic carbocycles. The van der Waals surface area contributed by atoms with Crippen LogP contribution in [0.1, 0.15) is 11.1 Å². The topological polar surface area (TPSA) is 84.6 Å². The van der Waals surface area contributed by atoms with E-state index >= 15 is 0 Å². The van der Waals surface area contributed by atoms with E-state index < -0.39 is 5.91 Å². The molecule has 0 aliphatic heterocycles. The zero-order valence-corrected chi connectivity index (χ0v) is 12.6. The Bertz CT molecular complexity index is 777. The first kappa shape index (κ1) is 16.1. The fourth-order valence-corrected chi connectivity index (χ4v) is 2.07. The second-order valence-electron chi connectivity index (χ2n) is 5.06. The van der Waals surface area contributed by atoms with Crippen LogP contribution >= 0.6 is 0 Å². The molecule has 5 nitrogen and oxygen atoms in total. The molecule has 0 saturated carbocycles. The van der Waals surface area contributed by atoms with Crippen LogP contribution in [0.5, 0.6) is 11.5 Å². The molecule has 0 bridgehead atoms. The summed E-state index contributed by atoms with van der Waals surface area (Å²) in [6.07, 6.45) is 1.38. The van der Waals surface area contributed by atoms with Gasteiger partial charge in [-0.15, -0.1) is 0 Å². The Morgan fingerprint density at radius 2 is 1.87 bits per heavy atom. The molecule has 0 aromatic heterocycles. The largest absolute Gasteiger partial charge is 0.504 e. The van der Waals surface area contributed by atoms with E-state index in [0.717, 1.165) is 5.56 Å². The van der Waals surface area contributed by atoms with Gasteiger partial charge in [-0.25, -0.2) is 0 Å². The van der Waals surface area contributed by atoms with Crippen molar-refractivity contribution in [2.45, 2.75) is 6.54 Å². The standard InChI is InChI=1S/C18H16N2O3/c1-20(12-13-5-3-2-4-6-13)18(23)15(11-19)9-14-7-8-16(21)17(22)10-14/h2-10,21-22H,12H2,1H3/b15-9+. The number of nitriles is 1. The Morgan fingerprint density at radius 3 is 2.48 bits per heavy atom. The number of amides is 1. The maximum absolute atomic E-state index is 12.4. The number of aromatic hydroxyl groups is 2. The van der Waals surface area contributed by atoms with Gasteiger partial charge in [0, 0.05) is 13.6 Å². The van der Waals surface area contributed by atoms with Crippen LogP contribution in [0.25, 0.3) is 6.08 Å². The van der Waals surface area contributed by atoms with Crippen LogP contribution in [0.2, 0.25) is 0 Å². The van der Waals surface area contributed by atoms with Crippen molar-refractivity contribution >= 4 is 12.0 Å². The van der Waals surface area contributed by atoms with Gasteiger partial charge in [0.05, 0.1) is 0 Å². The number of likely N-dealkylation sites (N-methyl/N-ethyl adjacent to an activating group) is 1. The molecule has 0 unspecified atom stereocenters. The first-order valence-corrected chi connectivity index (χ1v) is 6.94. The third kappa shape index (κ3) is 4.11. The molecule has 2 rings (SSSR count). The number of hydrogen-bond acceptors (Lipinski definition) is 4. The van der Waals surface area contributed by atoms with E-state index in [1.807, 2.05) is 36.4 Å². The van der Waals surface area contributed by atoms with E-state index in [4.69, 9.17) is 0 Å². The van der Waals surface area contributed by atoms with Crippen molar-refractivity contribution in [1.29, 1.82) is 5.26 Å². The van der Waals surface area contributed by atoms with Gasteiger partial charge in [0.2, 0.25) is 0 Å². The van der Waals surface area contributed by atoms with Gasteiger partial charge >= 0.3 is 0 Å². The minimum atomic E-state index is -0.413. The molecule has 0 radical (unpaired) electrons. The van der Waals surface area contributed by atoms with E-state index in [1.165, 1.54) is 29.2 Å². The molecule has 2 aromatic rings. The molecule has 0 aliphatic rings. The van der Waals surface area contributed by atoms with Crippen molar-refractivity contribution in [3.63, 3.8) is 0 Å². The smallest absolute Gasteiger partial charge is 0.264 e. The summed E-state index contributed by atoms with van der Waals surface area (Å²) < 4.78 is 0. The molecule has 1 amide bonds. The SMILES string of the molecule is CN(Cc1ccccc1)C(=O)/C(C#N)=C/c1ccc(O)c(O)c1. The van der Waals surface area contributed by atoms with Crippen LogP contribution in [-0.4, -0.2) is 28.1 Å². The molecule has 23 heavy (non-hydrogen) atoms. The number of phenols is 2. The Balaban J connectivity index is 2.19. The van der Waals surface area contributed by atoms with E-state index in [0.29, 0.717) is 12.1 Å². The average Bonchev–Trinajstić information content (AvgIpc) is 2.56. The first-order chi connectivity index (χ1) is 11.0. The van der Waals surface area contributed by atoms with Gasteiger partial charge in [-0.3, -0.25) is 4.79 Å². The second-order valence-corrected chi connectivity index (χ2v) is 5.06. The summed E-state index contributed by atoms with van der Waals surface area (Å²) in [6.45, 7) is 0.388. The summed E-state index contributed by atoms with van der Waals surface area (Å²) >= 11 is 0. The van der Waals surface area contributed by atoms with E-state index in [-0.39, 0.29) is 17.1 Å². The first-order valence-electron chi connectivity index (χ1n) is 6.94. The highest BCUT2D eigenvalue weighted by Gasteiger charge is 2.15. The van der Waals surface area contributed by atoms with Crippen LogP contribution in [-0.2, 0) is 11.3 Å². The van der Waals surface area contributed by atoms with E-state index in [9.17, 15) is 20.3 Å². The zero-order chi connectivity index (χ0) is 16.8. The minimum absolute atomic E-state index is 0.0477. The maximum atomic E-state index is 12.4. The molecular weight excluding hydrogens is 292 g/mol. The molecule has 2 aromatic carbocycles. The van der Waals surface area contributed by atoms with E-state index in [2.05, 4.69) is 0 Å². The summed E-state index contributed by atoms with van der Waals surface area (Å²) in [7, 11) is 1.62. The second kappa shape index (κ2) is 7.14. The van der Waals surface area contributed by atoms with Crippen LogP contribution in [0.15, 0.2) is 54.1 Å². The van der Waals surface area contributed by atoms with Crippen molar-refractivity contribution in [1.82, 2.24) is 4.90 Å². The molecule has 5 heteroatoms. The highest BCUT2D eigenvalue weighted by molar-refractivity contribution is 6.01. The van der Waals surface area contributed by atoms with Crippen molar-refractivity contribution in [3.05, 3.63) is 65.2 Å². The fraction of sp³-hybridized carbons (Fsp3) is 0.111. The van der Waals surface area contributed by atoms with Crippen LogP contribution < -0.4 is 0 Å². The lowest BCUT2D eigenvalue weighted by Crippen LogP contribution is -2.27. The molecule has 0 fully saturated rings. The summed E-state index contributed by atoms with van der Waals surface area (Å²) in [4.78, 5) is 13.8. The van der Waals surface area contributed by atoms with Crippen molar-refractivity contribution in [2.75, 3.05) is 7.05 Å². The molecule has 0 atom stereocenters. The van der Waals surface area contributed by atoms with Crippen molar-refractivity contribution in [3.8, 4) is 17.6 Å². The Kier molecular flexibility index (Phi) is 5.00. The van der Waals surface area contributed by atoms with E-state index in [1.54, 1.807) is 7.05 Å². The number of phenolic OH excluding ortho intramolecular Hbond substituents is 2. The molecular formula is C18H16N2O3. The highest BCUT2D eigenvalue weighted by Crippen LogP contribution is 2.26. The fourth-order valence-electron chi connectivity index (χ4n) is 2.07. The van der Waals surface area contributed by atoms with Gasteiger partial charge in [-0.05, 0) is 29.3 Å². The summed E-state index contributed by atoms with van der Waals surface area (Å²) in [5, 5.41) is 28.0. The number of hydrogen-bond donors (Lipinski definition) is 2. The molecule has 2 N–H and O–H groups in total. The van der Waals surface area contributed by atoms with Gasteiger partial charge in [-0.1, -0.05) is 36.4 Å². The monoisotopic (exact) mass is 308 g/mol. The third-order valence-electron chi connectivity index (χ3n) is 3.27. The predicted octanol–water partition coefficient (Wildman–Crippen LogP) is 2.66. The molecule has 0 saturated heterocycles. The van der Waals surface area contributed by atoms with Crippen molar-refractivity contribution < 1.29 is 15.0 Å². The summed E-state index contributed by atoms with van der Waals surface area (Å²) in [6, 6.07) is 15.4. The quantitative estimate of drug-likeness (QED) is 0.516. The van der Waals surface area contributed by atoms with Gasteiger partial charge < -0.3 is 15.1 Å². The normalized spacial score (nSPS) is 10.9. The van der Waals surface area contributed by atoms with Crippen LogP contribution in [0.4, 0.5) is 0 Å². The number of rotatable bonds is 4. The third-order valence-corrected chi connectivity index (χ3v) is 3.27. The molecule has 116 valence electrons. The Morgan fingerprint density at radius 1 is 1.17 bits per heavy atom. The summed E-state index contributed by atoms with van der Waals surface area (Å²) in [5.41, 5.74) is 1.37. The van der Waals surface area contributed by atoms with Crippen LogP contribution in [0.3, 0.4) is 0 Å². The molecule has 0 heterocycles. The zero-order valence-electron chi connectivity index (χ0n) is 12.6. The highest BCUT2D eigenvalue weighted by atomic mass is 16.3. The lowest BCUT2D eigenvalue weighted by molar-refractivity contribution is -0.125. The maximum Gasteiger partial charge on any atom is 0.264 e. The van der Waals surface area contributed by atoms with Crippen molar-refractivity contribution in [2.24, 2.45) is 0 Å². The Labute approximate surface area is 134 Å². The number of benzene rings is 2. The van der Waals surface area contributed by atoms with Gasteiger partial charge in [-0.2, -0.15) is 5.26 Å². The molecule has 0 spiro atoms. The van der Waals surface area contributed by atoms with Gasteiger partial charge in [0.1, 0.15) is 11.6 Å². The Hall–Kier alpha value is -3.26. The van der Waals surface area contributed by atoms with Crippen LogP contribution in [0, 0.1) is 11.3 Å². The number of carbonyl (C=O) groups is 1. The number of nitrogens with zero attached hydrogens (tertiary/aromatic N) is 2. The predicted molar refractivity (Wildman–Crippen MR) is 86.3 cm³/mol. The average molecular weight is 308 g/mol. The minimum Gasteiger partial charge on any atom is -0.504 e. The van der Waals surface area contributed by atoms with Gasteiger partial charge in [0.15, 0.2) is 11.5 Å². The summed E-state index contributed by atoms with van der Waals surface area (Å²) in [5.74, 6) is -0.974.